The fourth-order valence-corrected chi connectivity index (χ4v) is 7.10. The summed E-state index contributed by atoms with van der Waals surface area (Å²) in [6, 6.07) is 2.39. The van der Waals surface area contributed by atoms with Crippen molar-refractivity contribution in [2.24, 2.45) is 0 Å². The Balaban J connectivity index is 1.84. The van der Waals surface area contributed by atoms with Gasteiger partial charge in [0.05, 0.1) is 92.3 Å². The van der Waals surface area contributed by atoms with Gasteiger partial charge in [-0.3, -0.25) is 58.0 Å². The lowest BCUT2D eigenvalue weighted by atomic mass is 10.1. The number of pyridine rings is 1. The maximum atomic E-state index is 13.5. The lowest BCUT2D eigenvalue weighted by Gasteiger charge is -2.35. The second-order valence-electron chi connectivity index (χ2n) is 16.4. The van der Waals surface area contributed by atoms with Gasteiger partial charge in [-0.15, -0.1) is 4.73 Å². The van der Waals surface area contributed by atoms with Crippen LogP contribution in [0.3, 0.4) is 0 Å². The Kier molecular flexibility index (Phi) is 33.4. The summed E-state index contributed by atoms with van der Waals surface area (Å²) in [6.45, 7) is 5.81. The minimum atomic E-state index is -1.26. The number of carbonyl (C=O) groups excluding carboxylic acids is 3. The third-order valence-corrected chi connectivity index (χ3v) is 10.8. The Morgan fingerprint density at radius 3 is 1.51 bits per heavy atom. The van der Waals surface area contributed by atoms with Crippen molar-refractivity contribution in [2.45, 2.75) is 38.6 Å². The molecule has 2 heterocycles. The molecule has 0 radical (unpaired) electrons. The van der Waals surface area contributed by atoms with Gasteiger partial charge in [-0.1, -0.05) is 13.0 Å². The molecule has 0 aromatic carbocycles. The number of aliphatic carboxylic acids is 4. The zero-order valence-corrected chi connectivity index (χ0v) is 41.4. The second-order valence-corrected chi connectivity index (χ2v) is 16.4. The molecule has 0 aliphatic carbocycles. The van der Waals surface area contributed by atoms with Crippen molar-refractivity contribution >= 4 is 41.6 Å². The average Bonchev–Trinajstić information content (AvgIpc) is 3.32. The van der Waals surface area contributed by atoms with E-state index in [2.05, 4.69) is 10.6 Å². The van der Waals surface area contributed by atoms with Gasteiger partial charge >= 0.3 is 23.9 Å². The number of carboxylic acids is 4. The molecule has 0 saturated carbocycles. The number of nitrogens with one attached hydrogen (secondary N) is 2. The van der Waals surface area contributed by atoms with Crippen LogP contribution in [0, 0.1) is 0 Å². The highest BCUT2D eigenvalue weighted by Crippen LogP contribution is 2.11. The Morgan fingerprint density at radius 1 is 0.569 bits per heavy atom. The van der Waals surface area contributed by atoms with Gasteiger partial charge in [0, 0.05) is 104 Å². The quantitative estimate of drug-likeness (QED) is 0.0263. The number of hydrogen-bond donors (Lipinski definition) is 7. The van der Waals surface area contributed by atoms with Crippen molar-refractivity contribution in [3.8, 4) is 0 Å². The lowest BCUT2D eigenvalue weighted by Crippen LogP contribution is -2.52. The maximum absolute atomic E-state index is 13.5. The van der Waals surface area contributed by atoms with E-state index in [1.165, 1.54) is 17.0 Å². The standard InChI is InChI=1S/C45H76N8O19/c1-2-21-67-25-29-71-30-26-68-22-8-39(55)47-10-23-69-27-31-72-32-28-70-24-20-52(44(63)36-4-3-5-40(56)53(36)66)11-9-46-38(54)7-6-37(45(64)65)51-18-16-49(34-42(59)60)14-12-48(33-41(57)58)13-15-50(17-19-51)35-43(61)62/h3-5,37,66H,2,6-35H2,1H3,(H,46,54)(H,47,55)(H,57,58)(H,59,60)(H,61,62)(H,64,65). The molecule has 410 valence electrons. The number of carbonyl (C=O) groups is 7. The summed E-state index contributed by atoms with van der Waals surface area (Å²) < 4.78 is 33.0. The molecule has 1 saturated heterocycles. The van der Waals surface area contributed by atoms with Crippen LogP contribution in [-0.2, 0) is 57.2 Å². The molecule has 1 atom stereocenters. The third-order valence-electron chi connectivity index (χ3n) is 10.8. The first-order valence-electron chi connectivity index (χ1n) is 24.1. The molecule has 1 unspecified atom stereocenters. The van der Waals surface area contributed by atoms with E-state index in [9.17, 15) is 64.0 Å². The van der Waals surface area contributed by atoms with Crippen LogP contribution in [-0.4, -0.2) is 280 Å². The van der Waals surface area contributed by atoms with Gasteiger partial charge in [-0.25, -0.2) is 0 Å². The summed E-state index contributed by atoms with van der Waals surface area (Å²) >= 11 is 0. The number of ether oxygens (including phenoxy) is 6. The van der Waals surface area contributed by atoms with Crippen LogP contribution in [0.25, 0.3) is 0 Å². The number of amides is 3. The molecular weight excluding hydrogens is 957 g/mol. The number of hydrogen-bond acceptors (Lipinski definition) is 19. The lowest BCUT2D eigenvalue weighted by molar-refractivity contribution is -0.145. The molecule has 1 aliphatic rings. The van der Waals surface area contributed by atoms with E-state index in [0.717, 1.165) is 12.5 Å². The summed E-state index contributed by atoms with van der Waals surface area (Å²) in [6.07, 6.45) is 0.712. The molecule has 27 nitrogen and oxygen atoms in total. The molecule has 0 spiro atoms. The average molecular weight is 1030 g/mol. The van der Waals surface area contributed by atoms with Crippen LogP contribution in [0.1, 0.15) is 43.1 Å². The van der Waals surface area contributed by atoms with E-state index in [1.807, 2.05) is 6.92 Å². The molecule has 1 aliphatic heterocycles. The van der Waals surface area contributed by atoms with E-state index in [1.54, 1.807) is 19.6 Å². The van der Waals surface area contributed by atoms with Crippen LogP contribution >= 0.6 is 0 Å². The van der Waals surface area contributed by atoms with Crippen LogP contribution in [0.2, 0.25) is 0 Å². The van der Waals surface area contributed by atoms with Crippen molar-refractivity contribution in [2.75, 3.05) is 177 Å². The number of rotatable bonds is 38. The maximum Gasteiger partial charge on any atom is 0.320 e. The molecule has 0 bridgehead atoms. The Bertz CT molecular complexity index is 1790. The van der Waals surface area contributed by atoms with Gasteiger partial charge in [0.15, 0.2) is 0 Å². The topological polar surface area (TPSA) is 338 Å². The van der Waals surface area contributed by atoms with Crippen LogP contribution < -0.4 is 16.2 Å². The molecule has 72 heavy (non-hydrogen) atoms. The fourth-order valence-electron chi connectivity index (χ4n) is 7.10. The van der Waals surface area contributed by atoms with Crippen LogP contribution in [0.15, 0.2) is 23.0 Å². The summed E-state index contributed by atoms with van der Waals surface area (Å²) in [7, 11) is 0. The largest absolute Gasteiger partial charge is 0.480 e. The molecular formula is C45H76N8O19. The van der Waals surface area contributed by atoms with Crippen LogP contribution in [0.5, 0.6) is 0 Å². The molecule has 1 fully saturated rings. The van der Waals surface area contributed by atoms with Crippen molar-refractivity contribution in [1.82, 2.24) is 39.9 Å². The SMILES string of the molecule is CCCOCCOCCOCCC(=O)NCCOCCOCCOCCN(CCNC(=O)CCC(C(=O)O)N1CCN(CC(=O)O)CCN(CC(=O)O)CCN(CC(=O)O)CC1)C(=O)c1cccc(=O)n1O. The predicted molar refractivity (Wildman–Crippen MR) is 254 cm³/mol. The summed E-state index contributed by atoms with van der Waals surface area (Å²) in [5.41, 5.74) is -1.17. The molecule has 27 heteroatoms. The highest BCUT2D eigenvalue weighted by Gasteiger charge is 2.29. The number of aromatic nitrogens is 1. The highest BCUT2D eigenvalue weighted by molar-refractivity contribution is 5.92. The predicted octanol–water partition coefficient (Wildman–Crippen LogP) is -2.63. The molecule has 1 aromatic heterocycles. The Hall–Kier alpha value is -5.36. The van der Waals surface area contributed by atoms with Crippen molar-refractivity contribution in [3.05, 3.63) is 34.2 Å². The van der Waals surface area contributed by atoms with Crippen LogP contribution in [0.4, 0.5) is 0 Å². The molecule has 7 N–H and O–H groups in total. The van der Waals surface area contributed by atoms with Gasteiger partial charge in [-0.05, 0) is 18.9 Å². The smallest absolute Gasteiger partial charge is 0.320 e. The normalized spacial score (nSPS) is 15.0. The first-order chi connectivity index (χ1) is 34.6. The van der Waals surface area contributed by atoms with Gasteiger partial charge in [0.25, 0.3) is 11.5 Å². The monoisotopic (exact) mass is 1030 g/mol. The van der Waals surface area contributed by atoms with Gasteiger partial charge < -0.3 is 69.6 Å². The molecule has 2 rings (SSSR count). The highest BCUT2D eigenvalue weighted by atomic mass is 16.5. The number of carboxylic acid groups (broad SMARTS) is 4. The Morgan fingerprint density at radius 2 is 1.01 bits per heavy atom. The van der Waals surface area contributed by atoms with Gasteiger partial charge in [0.2, 0.25) is 11.8 Å². The van der Waals surface area contributed by atoms with E-state index in [0.29, 0.717) is 39.6 Å². The fraction of sp³-hybridized carbons (Fsp3) is 0.733. The van der Waals surface area contributed by atoms with Crippen molar-refractivity contribution in [1.29, 1.82) is 0 Å². The summed E-state index contributed by atoms with van der Waals surface area (Å²) in [5, 5.41) is 54.5. The Labute approximate surface area is 418 Å². The first kappa shape index (κ1) is 62.8. The summed E-state index contributed by atoms with van der Waals surface area (Å²) in [5.74, 6) is -6.09. The molecule has 1 aromatic rings. The van der Waals surface area contributed by atoms with Crippen molar-refractivity contribution in [3.63, 3.8) is 0 Å². The van der Waals surface area contributed by atoms with E-state index in [-0.39, 0.29) is 160 Å². The molecule has 3 amide bonds. The first-order valence-corrected chi connectivity index (χ1v) is 24.1. The van der Waals surface area contributed by atoms with E-state index < -0.39 is 60.4 Å². The number of nitrogens with zero attached hydrogens (tertiary/aromatic N) is 6. The second kappa shape index (κ2) is 38.3. The zero-order chi connectivity index (χ0) is 52.9. The summed E-state index contributed by atoms with van der Waals surface area (Å²) in [4.78, 5) is 106. The minimum absolute atomic E-state index is 0.0135. The minimum Gasteiger partial charge on any atom is -0.480 e. The van der Waals surface area contributed by atoms with Gasteiger partial charge in [-0.2, -0.15) is 0 Å². The van der Waals surface area contributed by atoms with Gasteiger partial charge in [0.1, 0.15) is 11.7 Å². The third kappa shape index (κ3) is 29.2. The zero-order valence-electron chi connectivity index (χ0n) is 41.4. The van der Waals surface area contributed by atoms with Crippen molar-refractivity contribution < 1.29 is 87.6 Å². The van der Waals surface area contributed by atoms with E-state index in [4.69, 9.17) is 28.4 Å². The van der Waals surface area contributed by atoms with E-state index >= 15 is 0 Å².